The summed E-state index contributed by atoms with van der Waals surface area (Å²) >= 11 is 0. The van der Waals surface area contributed by atoms with Gasteiger partial charge in [-0.25, -0.2) is 14.2 Å². The molecule has 23 heavy (non-hydrogen) atoms. The summed E-state index contributed by atoms with van der Waals surface area (Å²) in [6.07, 6.45) is 1.83. The zero-order valence-corrected chi connectivity index (χ0v) is 13.0. The number of hydrogen-bond acceptors (Lipinski definition) is 3. The van der Waals surface area contributed by atoms with Crippen molar-refractivity contribution >= 4 is 11.2 Å². The number of benzene rings is 1. The van der Waals surface area contributed by atoms with Crippen molar-refractivity contribution < 1.29 is 4.39 Å². The molecule has 0 aliphatic heterocycles. The first-order valence-corrected chi connectivity index (χ1v) is 7.48. The van der Waals surface area contributed by atoms with Crippen LogP contribution in [-0.4, -0.2) is 19.1 Å². The van der Waals surface area contributed by atoms with E-state index < -0.39 is 11.2 Å². The normalized spacial score (nSPS) is 11.3. The molecule has 3 rings (SSSR count). The second-order valence-corrected chi connectivity index (χ2v) is 5.44. The molecule has 7 heteroatoms. The number of imidazole rings is 1. The van der Waals surface area contributed by atoms with Gasteiger partial charge in [-0.1, -0.05) is 13.3 Å². The summed E-state index contributed by atoms with van der Waals surface area (Å²) < 4.78 is 16.0. The summed E-state index contributed by atoms with van der Waals surface area (Å²) in [6.45, 7) is 2.67. The number of unbranched alkanes of at least 4 members (excludes halogenated alkanes) is 1. The molecule has 2 heterocycles. The van der Waals surface area contributed by atoms with Gasteiger partial charge in [-0.3, -0.25) is 14.3 Å². The van der Waals surface area contributed by atoms with Crippen molar-refractivity contribution in [2.45, 2.75) is 26.3 Å². The molecule has 0 amide bonds. The Morgan fingerprint density at radius 3 is 2.57 bits per heavy atom. The van der Waals surface area contributed by atoms with E-state index in [1.807, 2.05) is 4.57 Å². The molecule has 0 saturated carbocycles. The molecule has 0 spiro atoms. The molecule has 120 valence electrons. The summed E-state index contributed by atoms with van der Waals surface area (Å²) in [7, 11) is 1.41. The van der Waals surface area contributed by atoms with Crippen LogP contribution in [0.5, 0.6) is 0 Å². The highest BCUT2D eigenvalue weighted by Gasteiger charge is 2.17. The smallest absolute Gasteiger partial charge is 0.310 e. The molecule has 1 N–H and O–H groups in total. The van der Waals surface area contributed by atoms with Crippen LogP contribution >= 0.6 is 0 Å². The van der Waals surface area contributed by atoms with E-state index in [2.05, 4.69) is 16.9 Å². The van der Waals surface area contributed by atoms with Gasteiger partial charge in [-0.05, 0) is 30.7 Å². The zero-order valence-electron chi connectivity index (χ0n) is 13.0. The third-order valence-corrected chi connectivity index (χ3v) is 3.84. The van der Waals surface area contributed by atoms with E-state index in [-0.39, 0.29) is 11.3 Å². The molecule has 0 atom stereocenters. The second-order valence-electron chi connectivity index (χ2n) is 5.44. The molecule has 0 fully saturated rings. The van der Waals surface area contributed by atoms with Crippen molar-refractivity contribution in [3.8, 4) is 11.4 Å². The summed E-state index contributed by atoms with van der Waals surface area (Å²) in [5.41, 5.74) is 0.392. The van der Waals surface area contributed by atoms with Gasteiger partial charge in [-0.15, -0.1) is 0 Å². The monoisotopic (exact) mass is 316 g/mol. The van der Waals surface area contributed by atoms with Gasteiger partial charge in [0.05, 0.1) is 0 Å². The number of nitrogens with zero attached hydrogens (tertiary/aromatic N) is 3. The fourth-order valence-electron chi connectivity index (χ4n) is 2.52. The maximum Gasteiger partial charge on any atom is 0.329 e. The molecular formula is C16H17FN4O2. The van der Waals surface area contributed by atoms with E-state index in [1.54, 1.807) is 12.1 Å². The van der Waals surface area contributed by atoms with Gasteiger partial charge in [-0.2, -0.15) is 0 Å². The number of hydrogen-bond donors (Lipinski definition) is 1. The van der Waals surface area contributed by atoms with Crippen LogP contribution in [0.1, 0.15) is 19.8 Å². The van der Waals surface area contributed by atoms with Crippen LogP contribution in [0.4, 0.5) is 4.39 Å². The minimum Gasteiger partial charge on any atom is -0.310 e. The Morgan fingerprint density at radius 2 is 1.91 bits per heavy atom. The second kappa shape index (κ2) is 5.83. The van der Waals surface area contributed by atoms with Gasteiger partial charge in [0.1, 0.15) is 17.3 Å². The Balaban J connectivity index is 2.31. The van der Waals surface area contributed by atoms with E-state index in [4.69, 9.17) is 0 Å². The Hall–Kier alpha value is -2.70. The number of aromatic amines is 1. The first-order valence-electron chi connectivity index (χ1n) is 7.48. The van der Waals surface area contributed by atoms with Gasteiger partial charge < -0.3 is 4.57 Å². The molecule has 0 bridgehead atoms. The fourth-order valence-corrected chi connectivity index (χ4v) is 2.52. The lowest BCUT2D eigenvalue weighted by atomic mass is 10.2. The zero-order chi connectivity index (χ0) is 16.6. The number of H-pyrrole nitrogens is 1. The number of fused-ring (bicyclic) bond motifs is 1. The molecule has 0 saturated heterocycles. The van der Waals surface area contributed by atoms with Crippen LogP contribution in [-0.2, 0) is 13.6 Å². The lowest BCUT2D eigenvalue weighted by molar-refractivity contribution is 0.627. The summed E-state index contributed by atoms with van der Waals surface area (Å²) in [5, 5.41) is 0. The summed E-state index contributed by atoms with van der Waals surface area (Å²) in [4.78, 5) is 31.3. The SMILES string of the molecule is CCCCn1c(-c2ccc(F)cc2)nc2c(=O)n(C)c(=O)[nH]c21. The topological polar surface area (TPSA) is 72.7 Å². The lowest BCUT2D eigenvalue weighted by Crippen LogP contribution is -2.32. The largest absolute Gasteiger partial charge is 0.329 e. The highest BCUT2D eigenvalue weighted by atomic mass is 19.1. The highest BCUT2D eigenvalue weighted by Crippen LogP contribution is 2.22. The fraction of sp³-hybridized carbons (Fsp3) is 0.312. The predicted octanol–water partition coefficient (Wildman–Crippen LogP) is 2.03. The Kier molecular flexibility index (Phi) is 3.85. The minimum absolute atomic E-state index is 0.211. The molecule has 2 aromatic heterocycles. The molecule has 0 aliphatic rings. The van der Waals surface area contributed by atoms with E-state index in [0.29, 0.717) is 23.6 Å². The third kappa shape index (κ3) is 2.58. The van der Waals surface area contributed by atoms with Gasteiger partial charge in [0.25, 0.3) is 5.56 Å². The maximum absolute atomic E-state index is 13.2. The summed E-state index contributed by atoms with van der Waals surface area (Å²) in [6, 6.07) is 5.92. The number of nitrogens with one attached hydrogen (secondary N) is 1. The first kappa shape index (κ1) is 15.2. The van der Waals surface area contributed by atoms with Gasteiger partial charge in [0.2, 0.25) is 0 Å². The van der Waals surface area contributed by atoms with Crippen LogP contribution in [0.2, 0.25) is 0 Å². The molecule has 0 unspecified atom stereocenters. The van der Waals surface area contributed by atoms with Gasteiger partial charge >= 0.3 is 5.69 Å². The van der Waals surface area contributed by atoms with E-state index in [9.17, 15) is 14.0 Å². The van der Waals surface area contributed by atoms with Crippen LogP contribution in [0, 0.1) is 5.82 Å². The molecular weight excluding hydrogens is 299 g/mol. The van der Waals surface area contributed by atoms with Crippen LogP contribution in [0.3, 0.4) is 0 Å². The molecule has 1 aromatic carbocycles. The third-order valence-electron chi connectivity index (χ3n) is 3.84. The quantitative estimate of drug-likeness (QED) is 0.800. The first-order chi connectivity index (χ1) is 11.0. The lowest BCUT2D eigenvalue weighted by Gasteiger charge is -2.08. The highest BCUT2D eigenvalue weighted by molar-refractivity contribution is 5.76. The Morgan fingerprint density at radius 1 is 1.22 bits per heavy atom. The van der Waals surface area contributed by atoms with Crippen molar-refractivity contribution in [1.82, 2.24) is 19.1 Å². The van der Waals surface area contributed by atoms with Gasteiger partial charge in [0, 0.05) is 19.2 Å². The standard InChI is InChI=1S/C16H17FN4O2/c1-3-4-9-21-13(10-5-7-11(17)8-6-10)18-12-14(21)19-16(23)20(2)15(12)22/h5-8H,3-4,9H2,1-2H3,(H,19,23). The molecule has 6 nitrogen and oxygen atoms in total. The number of halogens is 1. The van der Waals surface area contributed by atoms with E-state index >= 15 is 0 Å². The molecule has 0 aliphatic carbocycles. The number of aromatic nitrogens is 4. The van der Waals surface area contributed by atoms with Crippen LogP contribution in [0.15, 0.2) is 33.9 Å². The van der Waals surface area contributed by atoms with Crippen molar-refractivity contribution in [3.05, 3.63) is 50.9 Å². The predicted molar refractivity (Wildman–Crippen MR) is 85.9 cm³/mol. The number of aryl methyl sites for hydroxylation is 1. The average molecular weight is 316 g/mol. The molecule has 0 radical (unpaired) electrons. The van der Waals surface area contributed by atoms with E-state index in [0.717, 1.165) is 17.4 Å². The minimum atomic E-state index is -0.481. The van der Waals surface area contributed by atoms with Crippen molar-refractivity contribution in [3.63, 3.8) is 0 Å². The van der Waals surface area contributed by atoms with Crippen molar-refractivity contribution in [2.24, 2.45) is 7.05 Å². The Bertz CT molecular complexity index is 967. The van der Waals surface area contributed by atoms with Crippen molar-refractivity contribution in [1.29, 1.82) is 0 Å². The van der Waals surface area contributed by atoms with Crippen LogP contribution < -0.4 is 11.2 Å². The van der Waals surface area contributed by atoms with Crippen LogP contribution in [0.25, 0.3) is 22.6 Å². The number of rotatable bonds is 4. The maximum atomic E-state index is 13.2. The average Bonchev–Trinajstić information content (AvgIpc) is 2.90. The van der Waals surface area contributed by atoms with E-state index in [1.165, 1.54) is 19.2 Å². The molecule has 3 aromatic rings. The van der Waals surface area contributed by atoms with Gasteiger partial charge in [0.15, 0.2) is 5.52 Å². The Labute approximate surface area is 131 Å². The summed E-state index contributed by atoms with van der Waals surface area (Å²) in [5.74, 6) is 0.210. The van der Waals surface area contributed by atoms with Crippen molar-refractivity contribution in [2.75, 3.05) is 0 Å².